The van der Waals surface area contributed by atoms with Crippen LogP contribution < -0.4 is 5.32 Å². The molecule has 33 heavy (non-hydrogen) atoms. The van der Waals surface area contributed by atoms with E-state index in [1.165, 1.54) is 4.90 Å². The van der Waals surface area contributed by atoms with Crippen LogP contribution in [0.25, 0.3) is 0 Å². The summed E-state index contributed by atoms with van der Waals surface area (Å²) in [6, 6.07) is 14.4. The lowest BCUT2D eigenvalue weighted by atomic mass is 9.63. The summed E-state index contributed by atoms with van der Waals surface area (Å²) in [4.78, 5) is 42.3. The lowest BCUT2D eigenvalue weighted by Gasteiger charge is -2.37. The van der Waals surface area contributed by atoms with E-state index in [1.807, 2.05) is 55.5 Å². The van der Waals surface area contributed by atoms with Gasteiger partial charge in [0.05, 0.1) is 11.8 Å². The number of allylic oxidation sites excluding steroid dienone is 2. The van der Waals surface area contributed by atoms with Crippen molar-refractivity contribution in [2.45, 2.75) is 25.8 Å². The van der Waals surface area contributed by atoms with E-state index in [9.17, 15) is 14.4 Å². The molecule has 1 saturated heterocycles. The second-order valence-corrected chi connectivity index (χ2v) is 10.8. The normalized spacial score (nSPS) is 31.9. The summed E-state index contributed by atoms with van der Waals surface area (Å²) in [5.41, 5.74) is 2.51. The molecule has 5 nitrogen and oxygen atoms in total. The van der Waals surface area contributed by atoms with Gasteiger partial charge in [-0.15, -0.1) is 0 Å². The number of hydrogen-bond acceptors (Lipinski definition) is 3. The highest BCUT2D eigenvalue weighted by molar-refractivity contribution is 9.10. The number of nitrogens with zero attached hydrogens (tertiary/aromatic N) is 1. The van der Waals surface area contributed by atoms with Gasteiger partial charge in [-0.05, 0) is 66.3 Å². The standard InChI is InChI=1S/C27H25BrN2O3/c1-14-11-16(28)7-10-21(14)29-25(31)22(12-15-5-3-2-4-6-15)30-26(32)23-17-8-9-18(20-13-19(17)20)24(23)27(30)33/h2-11,17-20,22-24H,12-13H2,1H3,(H,29,31)/t17-,18-,19-,20-,22+,23+,24+/m1/s1. The van der Waals surface area contributed by atoms with Gasteiger partial charge in [0, 0.05) is 16.6 Å². The molecule has 2 aromatic carbocycles. The van der Waals surface area contributed by atoms with Gasteiger partial charge in [-0.3, -0.25) is 19.3 Å². The van der Waals surface area contributed by atoms with Crippen LogP contribution in [0.2, 0.25) is 0 Å². The minimum Gasteiger partial charge on any atom is -0.324 e. The van der Waals surface area contributed by atoms with Gasteiger partial charge in [-0.1, -0.05) is 58.4 Å². The van der Waals surface area contributed by atoms with Crippen molar-refractivity contribution in [2.75, 3.05) is 5.32 Å². The Balaban J connectivity index is 1.34. The molecule has 2 bridgehead atoms. The Kier molecular flexibility index (Phi) is 4.84. The molecule has 1 N–H and O–H groups in total. The topological polar surface area (TPSA) is 66.5 Å². The molecule has 168 valence electrons. The predicted molar refractivity (Wildman–Crippen MR) is 128 cm³/mol. The summed E-state index contributed by atoms with van der Waals surface area (Å²) in [7, 11) is 0. The van der Waals surface area contributed by atoms with Crippen molar-refractivity contribution >= 4 is 39.3 Å². The zero-order valence-corrected chi connectivity index (χ0v) is 19.9. The van der Waals surface area contributed by atoms with Crippen LogP contribution in [0.4, 0.5) is 5.69 Å². The summed E-state index contributed by atoms with van der Waals surface area (Å²) < 4.78 is 0.925. The fourth-order valence-corrected chi connectivity index (χ4v) is 6.88. The number of carbonyl (C=O) groups excluding carboxylic acids is 3. The molecule has 0 spiro atoms. The van der Waals surface area contributed by atoms with Crippen LogP contribution in [0.5, 0.6) is 0 Å². The Bertz CT molecular complexity index is 1160. The number of rotatable bonds is 5. The zero-order valence-electron chi connectivity index (χ0n) is 18.3. The highest BCUT2D eigenvalue weighted by atomic mass is 79.9. The number of carbonyl (C=O) groups is 3. The van der Waals surface area contributed by atoms with E-state index in [0.717, 1.165) is 22.0 Å². The highest BCUT2D eigenvalue weighted by Crippen LogP contribution is 2.65. The third-order valence-electron chi connectivity index (χ3n) is 8.03. The summed E-state index contributed by atoms with van der Waals surface area (Å²) in [5, 5.41) is 2.99. The maximum atomic E-state index is 13.7. The average molecular weight is 505 g/mol. The number of anilines is 1. The minimum absolute atomic E-state index is 0.139. The molecule has 1 heterocycles. The van der Waals surface area contributed by atoms with E-state index >= 15 is 0 Å². The summed E-state index contributed by atoms with van der Waals surface area (Å²) in [6.07, 6.45) is 5.74. The first-order chi connectivity index (χ1) is 15.9. The molecular weight excluding hydrogens is 480 g/mol. The molecule has 7 atom stereocenters. The number of imide groups is 1. The largest absolute Gasteiger partial charge is 0.324 e. The number of amides is 3. The molecule has 6 heteroatoms. The van der Waals surface area contributed by atoms with Crippen molar-refractivity contribution in [1.82, 2.24) is 4.90 Å². The summed E-state index contributed by atoms with van der Waals surface area (Å²) in [5.74, 6) is 0.0657. The van der Waals surface area contributed by atoms with E-state index in [0.29, 0.717) is 23.9 Å². The molecule has 0 aromatic heterocycles. The molecule has 3 amide bonds. The van der Waals surface area contributed by atoms with E-state index in [4.69, 9.17) is 0 Å². The third kappa shape index (κ3) is 3.30. The van der Waals surface area contributed by atoms with E-state index in [-0.39, 0.29) is 41.4 Å². The monoisotopic (exact) mass is 504 g/mol. The second kappa shape index (κ2) is 7.66. The number of benzene rings is 2. The second-order valence-electron chi connectivity index (χ2n) is 9.86. The van der Waals surface area contributed by atoms with Gasteiger partial charge >= 0.3 is 0 Å². The summed E-state index contributed by atoms with van der Waals surface area (Å²) in [6.45, 7) is 1.92. The fraction of sp³-hybridized carbons (Fsp3) is 0.370. The van der Waals surface area contributed by atoms with Crippen LogP contribution in [0.15, 0.2) is 65.2 Å². The van der Waals surface area contributed by atoms with Crippen molar-refractivity contribution in [3.8, 4) is 0 Å². The first-order valence-corrected chi connectivity index (χ1v) is 12.4. The molecule has 2 aromatic rings. The van der Waals surface area contributed by atoms with Crippen molar-refractivity contribution in [3.63, 3.8) is 0 Å². The average Bonchev–Trinajstić information content (AvgIpc) is 3.59. The van der Waals surface area contributed by atoms with Crippen molar-refractivity contribution in [3.05, 3.63) is 76.3 Å². The quantitative estimate of drug-likeness (QED) is 0.485. The van der Waals surface area contributed by atoms with Gasteiger partial charge in [-0.2, -0.15) is 0 Å². The highest BCUT2D eigenvalue weighted by Gasteiger charge is 2.67. The lowest BCUT2D eigenvalue weighted by molar-refractivity contribution is -0.146. The van der Waals surface area contributed by atoms with Crippen LogP contribution >= 0.6 is 15.9 Å². The Hall–Kier alpha value is -2.73. The van der Waals surface area contributed by atoms with E-state index in [2.05, 4.69) is 33.4 Å². The first-order valence-electron chi connectivity index (χ1n) is 11.6. The molecule has 2 saturated carbocycles. The molecule has 0 radical (unpaired) electrons. The van der Waals surface area contributed by atoms with Gasteiger partial charge in [-0.25, -0.2) is 0 Å². The Morgan fingerprint density at radius 3 is 2.27 bits per heavy atom. The Labute approximate surface area is 201 Å². The number of hydrogen-bond donors (Lipinski definition) is 1. The van der Waals surface area contributed by atoms with E-state index in [1.54, 1.807) is 0 Å². The molecule has 5 aliphatic rings. The third-order valence-corrected chi connectivity index (χ3v) is 8.52. The Morgan fingerprint density at radius 2 is 1.67 bits per heavy atom. The van der Waals surface area contributed by atoms with Crippen molar-refractivity contribution in [1.29, 1.82) is 0 Å². The van der Waals surface area contributed by atoms with Crippen LogP contribution in [-0.2, 0) is 20.8 Å². The number of aryl methyl sites for hydroxylation is 1. The maximum absolute atomic E-state index is 13.7. The number of nitrogens with one attached hydrogen (secondary N) is 1. The maximum Gasteiger partial charge on any atom is 0.248 e. The smallest absolute Gasteiger partial charge is 0.248 e. The molecule has 7 rings (SSSR count). The van der Waals surface area contributed by atoms with Crippen LogP contribution in [0.3, 0.4) is 0 Å². The van der Waals surface area contributed by atoms with Gasteiger partial charge < -0.3 is 5.32 Å². The predicted octanol–water partition coefficient (Wildman–Crippen LogP) is 4.36. The van der Waals surface area contributed by atoms with E-state index < -0.39 is 6.04 Å². The molecule has 0 unspecified atom stereocenters. The van der Waals surface area contributed by atoms with Crippen molar-refractivity contribution < 1.29 is 14.4 Å². The zero-order chi connectivity index (χ0) is 22.9. The van der Waals surface area contributed by atoms with Gasteiger partial charge in [0.2, 0.25) is 17.7 Å². The minimum atomic E-state index is -0.878. The van der Waals surface area contributed by atoms with Crippen LogP contribution in [-0.4, -0.2) is 28.7 Å². The molecule has 3 fully saturated rings. The fourth-order valence-electron chi connectivity index (χ4n) is 6.41. The van der Waals surface area contributed by atoms with Crippen LogP contribution in [0.1, 0.15) is 17.5 Å². The lowest BCUT2D eigenvalue weighted by Crippen LogP contribution is -2.49. The molecule has 4 aliphatic carbocycles. The van der Waals surface area contributed by atoms with Crippen LogP contribution in [0, 0.1) is 42.4 Å². The van der Waals surface area contributed by atoms with Gasteiger partial charge in [0.15, 0.2) is 0 Å². The van der Waals surface area contributed by atoms with Gasteiger partial charge in [0.1, 0.15) is 6.04 Å². The summed E-state index contributed by atoms with van der Waals surface area (Å²) >= 11 is 3.45. The number of likely N-dealkylation sites (tertiary alicyclic amines) is 1. The molecule has 1 aliphatic heterocycles. The Morgan fingerprint density at radius 1 is 1.03 bits per heavy atom. The van der Waals surface area contributed by atoms with Gasteiger partial charge in [0.25, 0.3) is 0 Å². The first kappa shape index (κ1) is 20.8. The SMILES string of the molecule is Cc1cc(Br)ccc1NC(=O)[C@H](Cc1ccccc1)N1C(=O)[C@H]2[C@@H]3C=C[C@H]([C@H]4C[C@H]34)[C@@H]2C1=O. The molecular formula is C27H25BrN2O3. The number of halogens is 1. The van der Waals surface area contributed by atoms with Crippen molar-refractivity contribution in [2.24, 2.45) is 35.5 Å².